The lowest BCUT2D eigenvalue weighted by Crippen LogP contribution is -2.68. The van der Waals surface area contributed by atoms with Gasteiger partial charge >= 0.3 is 11.9 Å². The van der Waals surface area contributed by atoms with E-state index in [1.807, 2.05) is 13.8 Å². The number of aliphatic hydroxyl groups is 1. The highest BCUT2D eigenvalue weighted by molar-refractivity contribution is 5.76. The van der Waals surface area contributed by atoms with E-state index >= 15 is 0 Å². The van der Waals surface area contributed by atoms with Crippen LogP contribution in [0.2, 0.25) is 0 Å². The van der Waals surface area contributed by atoms with Crippen LogP contribution < -0.4 is 5.32 Å². The van der Waals surface area contributed by atoms with Gasteiger partial charge in [-0.05, 0) is 32.1 Å². The third kappa shape index (κ3) is 8.95. The highest BCUT2D eigenvalue weighted by atomic mass is 16.4. The lowest BCUT2D eigenvalue weighted by molar-refractivity contribution is -0.958. The number of unbranched alkanes of at least 4 members (excludes halogenated alkanes) is 2. The molecule has 0 saturated carbocycles. The van der Waals surface area contributed by atoms with Gasteiger partial charge in [0.2, 0.25) is 5.91 Å². The molecule has 1 amide bonds. The Morgan fingerprint density at radius 1 is 1.00 bits per heavy atom. The minimum Gasteiger partial charge on any atom is -0.477 e. The summed E-state index contributed by atoms with van der Waals surface area (Å²) in [5, 5.41) is 32.2. The van der Waals surface area contributed by atoms with Gasteiger partial charge in [0.25, 0.3) is 0 Å². The van der Waals surface area contributed by atoms with E-state index in [4.69, 9.17) is 0 Å². The summed E-state index contributed by atoms with van der Waals surface area (Å²) in [5.41, 5.74) is 0. The number of carbonyl (C=O) groups excluding carboxylic acids is 1. The Morgan fingerprint density at radius 3 is 1.97 bits per heavy atom. The summed E-state index contributed by atoms with van der Waals surface area (Å²) in [7, 11) is 0. The van der Waals surface area contributed by atoms with E-state index in [-0.39, 0.29) is 36.6 Å². The van der Waals surface area contributed by atoms with E-state index in [0.29, 0.717) is 32.1 Å². The molecule has 0 heterocycles. The fourth-order valence-corrected chi connectivity index (χ4v) is 3.95. The number of hydrogen-bond acceptors (Lipinski definition) is 4. The monoisotopic (exact) mass is 415 g/mol. The second-order valence-electron chi connectivity index (χ2n) is 7.44. The minimum absolute atomic E-state index is 0.0170. The number of quaternary nitrogens is 1. The highest BCUT2D eigenvalue weighted by Crippen LogP contribution is 2.26. The Bertz CT molecular complexity index is 499. The Kier molecular flexibility index (Phi) is 14.0. The van der Waals surface area contributed by atoms with Gasteiger partial charge in [-0.3, -0.25) is 9.28 Å². The van der Waals surface area contributed by atoms with Crippen molar-refractivity contribution in [2.75, 3.05) is 26.2 Å². The lowest BCUT2D eigenvalue weighted by atomic mass is 9.98. The predicted octanol–water partition coefficient (Wildman–Crippen LogP) is 2.16. The van der Waals surface area contributed by atoms with E-state index in [1.165, 1.54) is 0 Å². The molecule has 0 aromatic carbocycles. The molecular weight excluding hydrogens is 376 g/mol. The highest BCUT2D eigenvalue weighted by Gasteiger charge is 2.49. The number of aliphatic carboxylic acids is 2. The molecule has 0 aliphatic heterocycles. The topological polar surface area (TPSA) is 124 Å². The van der Waals surface area contributed by atoms with Gasteiger partial charge in [0.05, 0.1) is 19.7 Å². The van der Waals surface area contributed by atoms with Crippen molar-refractivity contribution in [1.29, 1.82) is 0 Å². The SMILES string of the molecule is C=CCCCCC(=O)NCC[N+](CCO)(C(CCC)C(=O)O)C(CCC)C(=O)O. The number of aliphatic hydroxyl groups excluding tert-OH is 1. The first-order valence-electron chi connectivity index (χ1n) is 10.6. The zero-order chi connectivity index (χ0) is 22.3. The second-order valence-corrected chi connectivity index (χ2v) is 7.44. The number of rotatable bonds is 18. The van der Waals surface area contributed by atoms with Crippen LogP contribution in [-0.2, 0) is 14.4 Å². The van der Waals surface area contributed by atoms with Crippen molar-refractivity contribution in [3.63, 3.8) is 0 Å². The molecule has 29 heavy (non-hydrogen) atoms. The summed E-state index contributed by atoms with van der Waals surface area (Å²) in [4.78, 5) is 36.2. The van der Waals surface area contributed by atoms with E-state index < -0.39 is 24.0 Å². The van der Waals surface area contributed by atoms with Gasteiger partial charge < -0.3 is 20.6 Å². The number of nitrogens with one attached hydrogen (secondary N) is 1. The molecule has 0 radical (unpaired) electrons. The van der Waals surface area contributed by atoms with Crippen LogP contribution in [0.1, 0.15) is 65.2 Å². The van der Waals surface area contributed by atoms with Crippen molar-refractivity contribution in [2.45, 2.75) is 77.3 Å². The standard InChI is InChI=1S/C21H38N2O6/c1-4-7-8-9-12-19(25)22-13-14-23(15-16-24,17(10-5-2)20(26)27)18(11-6-3)21(28)29/h4,17-18,24H,1,5-16H2,2-3H3,(H2-,22,25,26,27,28,29)/p+1. The van der Waals surface area contributed by atoms with Gasteiger partial charge in [0, 0.05) is 19.3 Å². The number of amides is 1. The molecule has 0 aromatic heterocycles. The normalized spacial score (nSPS) is 15.1. The summed E-state index contributed by atoms with van der Waals surface area (Å²) < 4.78 is -0.264. The molecule has 0 fully saturated rings. The minimum atomic E-state index is -1.07. The summed E-state index contributed by atoms with van der Waals surface area (Å²) in [6.07, 6.45) is 6.38. The number of allylic oxidation sites excluding steroid dienone is 1. The molecule has 8 nitrogen and oxygen atoms in total. The molecule has 8 heteroatoms. The summed E-state index contributed by atoms with van der Waals surface area (Å²) in [6.45, 7) is 7.35. The van der Waals surface area contributed by atoms with Crippen LogP contribution in [0.15, 0.2) is 12.7 Å². The van der Waals surface area contributed by atoms with Crippen LogP contribution in [0, 0.1) is 0 Å². The second kappa shape index (κ2) is 15.0. The van der Waals surface area contributed by atoms with Gasteiger partial charge in [-0.25, -0.2) is 9.59 Å². The fourth-order valence-electron chi connectivity index (χ4n) is 3.95. The Labute approximate surface area is 174 Å². The van der Waals surface area contributed by atoms with Crippen molar-refractivity contribution in [3.05, 3.63) is 12.7 Å². The number of carbonyl (C=O) groups is 3. The first kappa shape index (κ1) is 27.1. The largest absolute Gasteiger partial charge is 0.477 e. The predicted molar refractivity (Wildman–Crippen MR) is 111 cm³/mol. The Balaban J connectivity index is 5.52. The molecular formula is C21H39N2O6+. The van der Waals surface area contributed by atoms with Gasteiger partial charge in [-0.1, -0.05) is 19.9 Å². The summed E-state index contributed by atoms with van der Waals surface area (Å²) >= 11 is 0. The molecule has 168 valence electrons. The molecule has 2 unspecified atom stereocenters. The molecule has 0 saturated heterocycles. The third-order valence-electron chi connectivity index (χ3n) is 5.36. The smallest absolute Gasteiger partial charge is 0.362 e. The molecule has 0 aliphatic rings. The number of hydrogen-bond donors (Lipinski definition) is 4. The zero-order valence-corrected chi connectivity index (χ0v) is 17.9. The molecule has 0 bridgehead atoms. The summed E-state index contributed by atoms with van der Waals surface area (Å²) in [6, 6.07) is -1.91. The van der Waals surface area contributed by atoms with E-state index in [0.717, 1.165) is 19.3 Å². The van der Waals surface area contributed by atoms with Crippen molar-refractivity contribution in [3.8, 4) is 0 Å². The number of carboxylic acids is 2. The van der Waals surface area contributed by atoms with E-state index in [9.17, 15) is 29.7 Å². The third-order valence-corrected chi connectivity index (χ3v) is 5.36. The maximum absolute atomic E-state index is 12.1. The van der Waals surface area contributed by atoms with Crippen LogP contribution in [-0.4, -0.2) is 76.0 Å². The van der Waals surface area contributed by atoms with Crippen LogP contribution in [0.4, 0.5) is 0 Å². The first-order chi connectivity index (χ1) is 13.8. The first-order valence-corrected chi connectivity index (χ1v) is 10.6. The maximum Gasteiger partial charge on any atom is 0.362 e. The molecule has 0 aliphatic carbocycles. The van der Waals surface area contributed by atoms with Gasteiger partial charge in [0.15, 0.2) is 12.1 Å². The summed E-state index contributed by atoms with van der Waals surface area (Å²) in [5.74, 6) is -2.28. The van der Waals surface area contributed by atoms with Crippen LogP contribution in [0.25, 0.3) is 0 Å². The molecule has 2 atom stereocenters. The van der Waals surface area contributed by atoms with Crippen molar-refractivity contribution in [2.24, 2.45) is 0 Å². The van der Waals surface area contributed by atoms with Crippen LogP contribution >= 0.6 is 0 Å². The average molecular weight is 416 g/mol. The average Bonchev–Trinajstić information content (AvgIpc) is 2.66. The van der Waals surface area contributed by atoms with Gasteiger partial charge in [-0.2, -0.15) is 0 Å². The molecule has 0 aromatic rings. The van der Waals surface area contributed by atoms with E-state index in [2.05, 4.69) is 11.9 Å². The number of carboxylic acid groups (broad SMARTS) is 2. The Morgan fingerprint density at radius 2 is 1.55 bits per heavy atom. The van der Waals surface area contributed by atoms with Crippen molar-refractivity contribution < 1.29 is 34.2 Å². The molecule has 0 spiro atoms. The quantitative estimate of drug-likeness (QED) is 0.154. The van der Waals surface area contributed by atoms with Gasteiger partial charge in [-0.15, -0.1) is 6.58 Å². The van der Waals surface area contributed by atoms with Gasteiger partial charge in [0.1, 0.15) is 6.54 Å². The van der Waals surface area contributed by atoms with Crippen LogP contribution in [0.5, 0.6) is 0 Å². The lowest BCUT2D eigenvalue weighted by Gasteiger charge is -2.46. The number of nitrogens with zero attached hydrogens (tertiary/aromatic N) is 1. The van der Waals surface area contributed by atoms with Crippen molar-refractivity contribution >= 4 is 17.8 Å². The molecule has 4 N–H and O–H groups in total. The zero-order valence-electron chi connectivity index (χ0n) is 17.9. The fraction of sp³-hybridized carbons (Fsp3) is 0.762. The van der Waals surface area contributed by atoms with E-state index in [1.54, 1.807) is 6.08 Å². The maximum atomic E-state index is 12.1. The Hall–Kier alpha value is -1.93. The molecule has 0 rings (SSSR count). The van der Waals surface area contributed by atoms with Crippen LogP contribution in [0.3, 0.4) is 0 Å². The van der Waals surface area contributed by atoms with Crippen molar-refractivity contribution in [1.82, 2.24) is 5.32 Å².